The van der Waals surface area contributed by atoms with Crippen molar-refractivity contribution in [2.75, 3.05) is 13.2 Å². The molecule has 5 nitrogen and oxygen atoms in total. The van der Waals surface area contributed by atoms with Crippen LogP contribution in [0.4, 0.5) is 0 Å². The summed E-state index contributed by atoms with van der Waals surface area (Å²) in [5.74, 6) is 0.711. The minimum atomic E-state index is -0.0854. The number of rotatable bonds is 9. The average molecular weight is 382 g/mol. The van der Waals surface area contributed by atoms with Crippen LogP contribution in [0.25, 0.3) is 10.6 Å². The van der Waals surface area contributed by atoms with Gasteiger partial charge in [-0.25, -0.2) is 4.98 Å². The first-order valence-corrected chi connectivity index (χ1v) is 10.00. The van der Waals surface area contributed by atoms with Crippen molar-refractivity contribution in [3.8, 4) is 16.3 Å². The van der Waals surface area contributed by atoms with Crippen LogP contribution >= 0.6 is 11.3 Å². The number of carbonyl (C=O) groups is 1. The molecule has 0 spiro atoms. The van der Waals surface area contributed by atoms with E-state index in [9.17, 15) is 4.79 Å². The van der Waals surface area contributed by atoms with E-state index in [0.717, 1.165) is 34.9 Å². The molecular formula is C21H23N3O2S. The second-order valence-corrected chi connectivity index (χ2v) is 6.98. The summed E-state index contributed by atoms with van der Waals surface area (Å²) in [6, 6.07) is 11.2. The van der Waals surface area contributed by atoms with Crippen molar-refractivity contribution < 1.29 is 9.53 Å². The number of pyridine rings is 1. The number of nitrogens with zero attached hydrogens (tertiary/aromatic N) is 2. The van der Waals surface area contributed by atoms with Crippen LogP contribution in [0.15, 0.2) is 54.2 Å². The Hall–Kier alpha value is -2.73. The number of amides is 1. The third-order valence-electron chi connectivity index (χ3n) is 4.01. The van der Waals surface area contributed by atoms with Crippen molar-refractivity contribution in [3.05, 3.63) is 65.4 Å². The Bertz CT molecular complexity index is 847. The maximum atomic E-state index is 12.3. The van der Waals surface area contributed by atoms with Crippen molar-refractivity contribution in [2.24, 2.45) is 0 Å². The fraction of sp³-hybridized carbons (Fsp3) is 0.286. The van der Waals surface area contributed by atoms with Gasteiger partial charge in [-0.15, -0.1) is 11.3 Å². The average Bonchev–Trinajstić information content (AvgIpc) is 3.18. The Morgan fingerprint density at radius 3 is 2.81 bits per heavy atom. The third-order valence-corrected chi connectivity index (χ3v) is 4.95. The zero-order valence-electron chi connectivity index (χ0n) is 15.4. The summed E-state index contributed by atoms with van der Waals surface area (Å²) in [7, 11) is 0. The highest BCUT2D eigenvalue weighted by molar-refractivity contribution is 7.13. The van der Waals surface area contributed by atoms with E-state index in [1.165, 1.54) is 0 Å². The topological polar surface area (TPSA) is 64.1 Å². The van der Waals surface area contributed by atoms with Gasteiger partial charge in [0.25, 0.3) is 5.91 Å². The number of thiazole rings is 1. The van der Waals surface area contributed by atoms with E-state index in [1.54, 1.807) is 35.9 Å². The maximum Gasteiger partial charge on any atom is 0.251 e. The van der Waals surface area contributed by atoms with Gasteiger partial charge in [0.15, 0.2) is 0 Å². The second-order valence-electron chi connectivity index (χ2n) is 6.12. The van der Waals surface area contributed by atoms with E-state index < -0.39 is 0 Å². The van der Waals surface area contributed by atoms with Gasteiger partial charge in [-0.2, -0.15) is 0 Å². The highest BCUT2D eigenvalue weighted by Crippen LogP contribution is 2.22. The lowest BCUT2D eigenvalue weighted by atomic mass is 10.2. The molecule has 3 rings (SSSR count). The predicted octanol–water partition coefficient (Wildman–Crippen LogP) is 4.36. The number of hydrogen-bond donors (Lipinski definition) is 1. The van der Waals surface area contributed by atoms with Crippen molar-refractivity contribution in [1.82, 2.24) is 15.3 Å². The van der Waals surface area contributed by atoms with Crippen molar-refractivity contribution in [1.29, 1.82) is 0 Å². The van der Waals surface area contributed by atoms with Gasteiger partial charge in [0.05, 0.1) is 12.3 Å². The van der Waals surface area contributed by atoms with E-state index in [0.29, 0.717) is 25.1 Å². The van der Waals surface area contributed by atoms with E-state index in [4.69, 9.17) is 4.74 Å². The molecule has 2 heterocycles. The van der Waals surface area contributed by atoms with Crippen LogP contribution < -0.4 is 10.1 Å². The standard InChI is InChI=1S/C21H23N3O2S/c1-2-3-13-26-19-8-6-16(7-9-19)20(25)23-12-10-18-15-27-21(24-18)17-5-4-11-22-14-17/h4-9,11,14-15H,2-3,10,12-13H2,1H3,(H,23,25). The molecule has 6 heteroatoms. The Morgan fingerprint density at radius 1 is 1.22 bits per heavy atom. The molecular weight excluding hydrogens is 358 g/mol. The first-order valence-electron chi connectivity index (χ1n) is 9.12. The smallest absolute Gasteiger partial charge is 0.251 e. The SMILES string of the molecule is CCCCOc1ccc(C(=O)NCCc2csc(-c3cccnc3)n2)cc1. The summed E-state index contributed by atoms with van der Waals surface area (Å²) in [5, 5.41) is 5.91. The normalized spacial score (nSPS) is 10.6. The largest absolute Gasteiger partial charge is 0.494 e. The van der Waals surface area contributed by atoms with Gasteiger partial charge < -0.3 is 10.1 Å². The summed E-state index contributed by atoms with van der Waals surface area (Å²) in [6.45, 7) is 3.38. The van der Waals surface area contributed by atoms with E-state index >= 15 is 0 Å². The molecule has 0 bridgehead atoms. The third kappa shape index (κ3) is 5.62. The Kier molecular flexibility index (Phi) is 6.93. The molecule has 0 atom stereocenters. The maximum absolute atomic E-state index is 12.3. The summed E-state index contributed by atoms with van der Waals surface area (Å²) < 4.78 is 5.62. The minimum Gasteiger partial charge on any atom is -0.494 e. The number of carbonyl (C=O) groups excluding carboxylic acids is 1. The Labute approximate surface area is 163 Å². The molecule has 1 aromatic carbocycles. The molecule has 0 radical (unpaired) electrons. The first kappa shape index (κ1) is 19.0. The lowest BCUT2D eigenvalue weighted by molar-refractivity contribution is 0.0954. The summed E-state index contributed by atoms with van der Waals surface area (Å²) in [6.07, 6.45) is 6.38. The number of benzene rings is 1. The van der Waals surface area contributed by atoms with Crippen LogP contribution in [0.3, 0.4) is 0 Å². The fourth-order valence-corrected chi connectivity index (χ4v) is 3.33. The molecule has 0 aliphatic rings. The van der Waals surface area contributed by atoms with Gasteiger partial charge in [-0.3, -0.25) is 9.78 Å². The quantitative estimate of drug-likeness (QED) is 0.560. The zero-order chi connectivity index (χ0) is 18.9. The Morgan fingerprint density at radius 2 is 2.07 bits per heavy atom. The molecule has 2 aromatic heterocycles. The van der Waals surface area contributed by atoms with Gasteiger partial charge in [0, 0.05) is 41.9 Å². The molecule has 1 N–H and O–H groups in total. The van der Waals surface area contributed by atoms with Gasteiger partial charge in [0.2, 0.25) is 0 Å². The number of hydrogen-bond acceptors (Lipinski definition) is 5. The summed E-state index contributed by atoms with van der Waals surface area (Å²) in [4.78, 5) is 21.0. The molecule has 0 unspecified atom stereocenters. The van der Waals surface area contributed by atoms with Gasteiger partial charge in [-0.05, 0) is 42.8 Å². The van der Waals surface area contributed by atoms with Gasteiger partial charge in [-0.1, -0.05) is 13.3 Å². The predicted molar refractivity (Wildman–Crippen MR) is 108 cm³/mol. The Balaban J connectivity index is 1.46. The number of ether oxygens (including phenoxy) is 1. The molecule has 27 heavy (non-hydrogen) atoms. The molecule has 3 aromatic rings. The molecule has 1 amide bonds. The van der Waals surface area contributed by atoms with Crippen LogP contribution in [0.2, 0.25) is 0 Å². The first-order chi connectivity index (χ1) is 13.3. The second kappa shape index (κ2) is 9.83. The monoisotopic (exact) mass is 381 g/mol. The van der Waals surface area contributed by atoms with Crippen molar-refractivity contribution in [2.45, 2.75) is 26.2 Å². The number of unbranched alkanes of at least 4 members (excludes halogenated alkanes) is 1. The molecule has 0 aliphatic heterocycles. The van der Waals surface area contributed by atoms with Crippen LogP contribution in [0, 0.1) is 0 Å². The molecule has 0 aliphatic carbocycles. The lowest BCUT2D eigenvalue weighted by Gasteiger charge is -2.07. The molecule has 0 saturated carbocycles. The van der Waals surface area contributed by atoms with Crippen molar-refractivity contribution >= 4 is 17.2 Å². The van der Waals surface area contributed by atoms with Crippen LogP contribution in [-0.4, -0.2) is 29.0 Å². The van der Waals surface area contributed by atoms with E-state index in [-0.39, 0.29) is 5.91 Å². The van der Waals surface area contributed by atoms with E-state index in [1.807, 2.05) is 29.6 Å². The lowest BCUT2D eigenvalue weighted by Crippen LogP contribution is -2.25. The highest BCUT2D eigenvalue weighted by Gasteiger charge is 2.08. The molecule has 0 fully saturated rings. The van der Waals surface area contributed by atoms with Crippen LogP contribution in [0.5, 0.6) is 5.75 Å². The van der Waals surface area contributed by atoms with Gasteiger partial charge in [0.1, 0.15) is 10.8 Å². The van der Waals surface area contributed by atoms with Crippen LogP contribution in [-0.2, 0) is 6.42 Å². The van der Waals surface area contributed by atoms with Crippen LogP contribution in [0.1, 0.15) is 35.8 Å². The van der Waals surface area contributed by atoms with E-state index in [2.05, 4.69) is 22.2 Å². The zero-order valence-corrected chi connectivity index (χ0v) is 16.2. The number of nitrogens with one attached hydrogen (secondary N) is 1. The van der Waals surface area contributed by atoms with Gasteiger partial charge >= 0.3 is 0 Å². The number of aromatic nitrogens is 2. The summed E-state index contributed by atoms with van der Waals surface area (Å²) >= 11 is 1.59. The highest BCUT2D eigenvalue weighted by atomic mass is 32.1. The summed E-state index contributed by atoms with van der Waals surface area (Å²) in [5.41, 5.74) is 2.62. The minimum absolute atomic E-state index is 0.0854. The molecule has 140 valence electrons. The molecule has 0 saturated heterocycles. The van der Waals surface area contributed by atoms with Crippen molar-refractivity contribution in [3.63, 3.8) is 0 Å². The fourth-order valence-electron chi connectivity index (χ4n) is 2.49.